The number of hydrogen-bond acceptors (Lipinski definition) is 13. The standard InChI is InChI=1S/C29H31N3O11/c1-5-38-26(34)22-11-20(12-23(31-22)27(35)39-6-2)42-15-17-9-19(33)10-18(30-17)16-43-21-13-24(28(36)40-7-3)32-25(14-21)29(37)41-8-4/h9-14H,5-8,15-16H2,1-4H3,(H,30,33). The van der Waals surface area contributed by atoms with Gasteiger partial charge in [-0.1, -0.05) is 0 Å². The van der Waals surface area contributed by atoms with Gasteiger partial charge in [0.1, 0.15) is 24.7 Å². The predicted molar refractivity (Wildman–Crippen MR) is 148 cm³/mol. The third kappa shape index (κ3) is 9.38. The normalized spacial score (nSPS) is 10.4. The average Bonchev–Trinajstić information content (AvgIpc) is 2.99. The Morgan fingerprint density at radius 1 is 0.558 bits per heavy atom. The summed E-state index contributed by atoms with van der Waals surface area (Å²) in [4.78, 5) is 72.4. The van der Waals surface area contributed by atoms with Crippen LogP contribution in [-0.4, -0.2) is 65.3 Å². The highest BCUT2D eigenvalue weighted by Gasteiger charge is 2.19. The highest BCUT2D eigenvalue weighted by atomic mass is 16.5. The molecule has 3 rings (SSSR count). The van der Waals surface area contributed by atoms with Gasteiger partial charge in [0.05, 0.1) is 37.8 Å². The molecule has 3 aromatic rings. The minimum Gasteiger partial charge on any atom is -0.487 e. The second-order valence-corrected chi connectivity index (χ2v) is 8.47. The highest BCUT2D eigenvalue weighted by molar-refractivity contribution is 5.93. The van der Waals surface area contributed by atoms with Crippen molar-refractivity contribution >= 4 is 23.9 Å². The summed E-state index contributed by atoms with van der Waals surface area (Å²) < 4.78 is 31.4. The Bertz CT molecular complexity index is 1350. The number of aromatic amines is 1. The van der Waals surface area contributed by atoms with Crippen molar-refractivity contribution in [2.24, 2.45) is 0 Å². The first-order chi connectivity index (χ1) is 20.7. The van der Waals surface area contributed by atoms with Crippen LogP contribution in [0.2, 0.25) is 0 Å². The molecule has 0 saturated heterocycles. The Kier molecular flexibility index (Phi) is 11.7. The van der Waals surface area contributed by atoms with Gasteiger partial charge in [0.15, 0.2) is 28.2 Å². The molecule has 0 spiro atoms. The van der Waals surface area contributed by atoms with Crippen LogP contribution in [0.3, 0.4) is 0 Å². The molecule has 0 radical (unpaired) electrons. The average molecular weight is 598 g/mol. The van der Waals surface area contributed by atoms with E-state index in [1.165, 1.54) is 36.4 Å². The van der Waals surface area contributed by atoms with Gasteiger partial charge in [-0.15, -0.1) is 0 Å². The molecule has 0 bridgehead atoms. The fraction of sp³-hybridized carbons (Fsp3) is 0.345. The first-order valence-electron chi connectivity index (χ1n) is 13.4. The van der Waals surface area contributed by atoms with Gasteiger partial charge >= 0.3 is 23.9 Å². The third-order valence-electron chi connectivity index (χ3n) is 5.28. The lowest BCUT2D eigenvalue weighted by Gasteiger charge is -2.12. The molecule has 1 N–H and O–H groups in total. The van der Waals surface area contributed by atoms with Crippen molar-refractivity contribution in [3.63, 3.8) is 0 Å². The summed E-state index contributed by atoms with van der Waals surface area (Å²) in [5.74, 6) is -2.78. The predicted octanol–water partition coefficient (Wildman–Crippen LogP) is 3.03. The molecule has 0 atom stereocenters. The summed E-state index contributed by atoms with van der Waals surface area (Å²) >= 11 is 0. The van der Waals surface area contributed by atoms with E-state index in [-0.39, 0.29) is 79.3 Å². The topological polar surface area (TPSA) is 182 Å². The van der Waals surface area contributed by atoms with Gasteiger partial charge in [0.25, 0.3) is 0 Å². The lowest BCUT2D eigenvalue weighted by molar-refractivity contribution is 0.0491. The van der Waals surface area contributed by atoms with Crippen molar-refractivity contribution in [2.45, 2.75) is 40.9 Å². The summed E-state index contributed by atoms with van der Waals surface area (Å²) in [6, 6.07) is 7.81. The molecule has 0 amide bonds. The molecule has 0 fully saturated rings. The number of ether oxygens (including phenoxy) is 6. The molecule has 3 heterocycles. The molecule has 3 aromatic heterocycles. The summed E-state index contributed by atoms with van der Waals surface area (Å²) in [6.45, 7) is 6.61. The van der Waals surface area contributed by atoms with Gasteiger partial charge in [-0.25, -0.2) is 29.1 Å². The van der Waals surface area contributed by atoms with E-state index in [0.29, 0.717) is 11.4 Å². The molecule has 43 heavy (non-hydrogen) atoms. The van der Waals surface area contributed by atoms with Gasteiger partial charge < -0.3 is 33.4 Å². The Morgan fingerprint density at radius 2 is 0.860 bits per heavy atom. The zero-order chi connectivity index (χ0) is 31.4. The molecular weight excluding hydrogens is 566 g/mol. The Morgan fingerprint density at radius 3 is 1.14 bits per heavy atom. The Balaban J connectivity index is 1.80. The molecule has 0 unspecified atom stereocenters. The molecule has 0 aliphatic rings. The summed E-state index contributed by atoms with van der Waals surface area (Å²) in [6.07, 6.45) is 0. The zero-order valence-electron chi connectivity index (χ0n) is 24.1. The second kappa shape index (κ2) is 15.7. The van der Waals surface area contributed by atoms with Crippen LogP contribution in [0.25, 0.3) is 0 Å². The van der Waals surface area contributed by atoms with Crippen LogP contribution in [0, 0.1) is 0 Å². The molecule has 14 nitrogen and oxygen atoms in total. The Labute approximate surface area is 246 Å². The molecule has 0 aliphatic heterocycles. The SMILES string of the molecule is CCOC(=O)c1cc(OCc2cc(=O)cc(COc3cc(C(=O)OCC)nc(C(=O)OCC)c3)[nH]2)cc(C(=O)OCC)n1. The molecule has 228 valence electrons. The number of nitrogens with zero attached hydrogens (tertiary/aromatic N) is 2. The smallest absolute Gasteiger partial charge is 0.357 e. The first kappa shape index (κ1) is 32.2. The maximum atomic E-state index is 12.4. The van der Waals surface area contributed by atoms with E-state index < -0.39 is 23.9 Å². The van der Waals surface area contributed by atoms with Crippen LogP contribution in [0.15, 0.2) is 41.2 Å². The van der Waals surface area contributed by atoms with E-state index in [9.17, 15) is 24.0 Å². The van der Waals surface area contributed by atoms with Crippen LogP contribution in [0.4, 0.5) is 0 Å². The highest BCUT2D eigenvalue weighted by Crippen LogP contribution is 2.19. The van der Waals surface area contributed by atoms with Crippen molar-refractivity contribution in [1.29, 1.82) is 0 Å². The fourth-order valence-corrected chi connectivity index (χ4v) is 3.56. The lowest BCUT2D eigenvalue weighted by Crippen LogP contribution is -2.15. The van der Waals surface area contributed by atoms with Gasteiger partial charge in [0.2, 0.25) is 0 Å². The number of hydrogen-bond donors (Lipinski definition) is 1. The van der Waals surface area contributed by atoms with E-state index in [2.05, 4.69) is 15.0 Å². The largest absolute Gasteiger partial charge is 0.487 e. The number of aromatic nitrogens is 3. The zero-order valence-corrected chi connectivity index (χ0v) is 24.1. The summed E-state index contributed by atoms with van der Waals surface area (Å²) in [7, 11) is 0. The van der Waals surface area contributed by atoms with Gasteiger partial charge in [0, 0.05) is 36.4 Å². The van der Waals surface area contributed by atoms with E-state index in [1.54, 1.807) is 27.7 Å². The van der Waals surface area contributed by atoms with Crippen LogP contribution < -0.4 is 14.9 Å². The quantitative estimate of drug-likeness (QED) is 0.212. The maximum absolute atomic E-state index is 12.4. The number of carbonyl (C=O) groups excluding carboxylic acids is 4. The minimum absolute atomic E-state index is 0.101. The maximum Gasteiger partial charge on any atom is 0.357 e. The van der Waals surface area contributed by atoms with E-state index in [4.69, 9.17) is 28.4 Å². The lowest BCUT2D eigenvalue weighted by atomic mass is 10.2. The molecule has 0 aliphatic carbocycles. The van der Waals surface area contributed by atoms with Crippen LogP contribution in [0.1, 0.15) is 81.0 Å². The van der Waals surface area contributed by atoms with Crippen LogP contribution in [-0.2, 0) is 32.2 Å². The second-order valence-electron chi connectivity index (χ2n) is 8.47. The molecule has 14 heteroatoms. The number of pyridine rings is 3. The summed E-state index contributed by atoms with van der Waals surface area (Å²) in [5, 5.41) is 0. The van der Waals surface area contributed by atoms with Crippen LogP contribution >= 0.6 is 0 Å². The van der Waals surface area contributed by atoms with Gasteiger partial charge in [-0.2, -0.15) is 0 Å². The van der Waals surface area contributed by atoms with E-state index in [0.717, 1.165) is 0 Å². The Hall–Kier alpha value is -5.27. The van der Waals surface area contributed by atoms with Crippen molar-refractivity contribution in [3.05, 3.63) is 80.8 Å². The minimum atomic E-state index is -0.751. The van der Waals surface area contributed by atoms with Crippen LogP contribution in [0.5, 0.6) is 11.5 Å². The molecular formula is C29H31N3O11. The van der Waals surface area contributed by atoms with Crippen molar-refractivity contribution in [1.82, 2.24) is 15.0 Å². The number of nitrogens with one attached hydrogen (secondary N) is 1. The summed E-state index contributed by atoms with van der Waals surface area (Å²) in [5.41, 5.74) is -0.293. The number of esters is 4. The first-order valence-corrected chi connectivity index (χ1v) is 13.4. The van der Waals surface area contributed by atoms with E-state index in [1.807, 2.05) is 0 Å². The third-order valence-corrected chi connectivity index (χ3v) is 5.28. The number of carbonyl (C=O) groups is 4. The number of H-pyrrole nitrogens is 1. The van der Waals surface area contributed by atoms with Crippen molar-refractivity contribution < 1.29 is 47.6 Å². The number of rotatable bonds is 14. The molecule has 0 saturated carbocycles. The fourth-order valence-electron chi connectivity index (χ4n) is 3.56. The van der Waals surface area contributed by atoms with Gasteiger partial charge in [-0.05, 0) is 27.7 Å². The van der Waals surface area contributed by atoms with E-state index >= 15 is 0 Å². The van der Waals surface area contributed by atoms with Crippen molar-refractivity contribution in [3.8, 4) is 11.5 Å². The van der Waals surface area contributed by atoms with Crippen molar-refractivity contribution in [2.75, 3.05) is 26.4 Å². The van der Waals surface area contributed by atoms with Gasteiger partial charge in [-0.3, -0.25) is 4.79 Å². The monoisotopic (exact) mass is 597 g/mol. The molecule has 0 aromatic carbocycles.